The molecule has 0 bridgehead atoms. The number of ether oxygens (including phenoxy) is 2. The minimum absolute atomic E-state index is 0.0217. The lowest BCUT2D eigenvalue weighted by atomic mass is 10.0. The summed E-state index contributed by atoms with van der Waals surface area (Å²) in [6.45, 7) is 2.88. The first kappa shape index (κ1) is 22.1. The van der Waals surface area contributed by atoms with Crippen LogP contribution in [0.4, 0.5) is 6.01 Å². The highest BCUT2D eigenvalue weighted by Gasteiger charge is 2.36. The first-order chi connectivity index (χ1) is 17.4. The van der Waals surface area contributed by atoms with Crippen molar-refractivity contribution >= 4 is 34.1 Å². The third-order valence-electron chi connectivity index (χ3n) is 6.56. The maximum atomic E-state index is 11.9. The average Bonchev–Trinajstić information content (AvgIpc) is 3.53. The van der Waals surface area contributed by atoms with Crippen molar-refractivity contribution in [3.05, 3.63) is 42.7 Å². The molecule has 0 saturated carbocycles. The lowest BCUT2D eigenvalue weighted by Crippen LogP contribution is -2.43. The standard InChI is InChI=1S/C25H24N6O5/c1-25(13-34-2,23(32)33)31-12-16(11-27-31)15-9-18-21-20(10-15)35-7-3-6-30(21)22(28-18)14-4-5-19-17(8-14)29-24(26)36-19/h4-5,8-12H,3,6-7,13H2,1-2H3,(H2,26,29)(H,32,33). The Labute approximate surface area is 205 Å². The van der Waals surface area contributed by atoms with Crippen LogP contribution in [0.2, 0.25) is 0 Å². The number of hydrogen-bond acceptors (Lipinski definition) is 8. The van der Waals surface area contributed by atoms with Crippen LogP contribution in [0.25, 0.3) is 44.6 Å². The molecule has 2 aromatic carbocycles. The van der Waals surface area contributed by atoms with Gasteiger partial charge in [0.05, 0.1) is 24.9 Å². The third kappa shape index (κ3) is 3.39. The smallest absolute Gasteiger partial charge is 0.333 e. The number of carboxylic acid groups (broad SMARTS) is 1. The molecule has 5 aromatic rings. The minimum atomic E-state index is -1.34. The lowest BCUT2D eigenvalue weighted by molar-refractivity contribution is -0.150. The second-order valence-corrected chi connectivity index (χ2v) is 9.05. The second kappa shape index (κ2) is 8.09. The number of imidazole rings is 1. The summed E-state index contributed by atoms with van der Waals surface area (Å²) in [7, 11) is 1.47. The molecule has 1 atom stereocenters. The lowest BCUT2D eigenvalue weighted by Gasteiger charge is -2.24. The monoisotopic (exact) mass is 488 g/mol. The number of oxazole rings is 1. The molecule has 11 heteroatoms. The van der Waals surface area contributed by atoms with Crippen molar-refractivity contribution in [2.75, 3.05) is 26.1 Å². The Hall–Kier alpha value is -4.38. The number of nitrogen functional groups attached to an aromatic ring is 1. The van der Waals surface area contributed by atoms with Gasteiger partial charge in [0.1, 0.15) is 22.6 Å². The van der Waals surface area contributed by atoms with E-state index in [1.807, 2.05) is 30.3 Å². The minimum Gasteiger partial charge on any atom is -0.491 e. The van der Waals surface area contributed by atoms with Crippen molar-refractivity contribution < 1.29 is 23.8 Å². The quantitative estimate of drug-likeness (QED) is 0.367. The van der Waals surface area contributed by atoms with Crippen molar-refractivity contribution in [1.82, 2.24) is 24.3 Å². The molecule has 6 rings (SSSR count). The molecule has 36 heavy (non-hydrogen) atoms. The summed E-state index contributed by atoms with van der Waals surface area (Å²) < 4.78 is 20.2. The number of carboxylic acids is 1. The van der Waals surface area contributed by atoms with Gasteiger partial charge < -0.3 is 29.3 Å². The maximum Gasteiger partial charge on any atom is 0.333 e. The van der Waals surface area contributed by atoms with Crippen molar-refractivity contribution in [2.24, 2.45) is 0 Å². The van der Waals surface area contributed by atoms with Gasteiger partial charge in [0.15, 0.2) is 11.1 Å². The van der Waals surface area contributed by atoms with E-state index in [-0.39, 0.29) is 12.6 Å². The summed E-state index contributed by atoms with van der Waals surface area (Å²) in [4.78, 5) is 21.2. The zero-order valence-electron chi connectivity index (χ0n) is 19.8. The van der Waals surface area contributed by atoms with Crippen LogP contribution in [0.1, 0.15) is 13.3 Å². The van der Waals surface area contributed by atoms with E-state index in [4.69, 9.17) is 24.6 Å². The first-order valence-corrected chi connectivity index (χ1v) is 11.5. The van der Waals surface area contributed by atoms with Gasteiger partial charge in [0.2, 0.25) is 0 Å². The van der Waals surface area contributed by atoms with Crippen LogP contribution in [-0.2, 0) is 21.6 Å². The van der Waals surface area contributed by atoms with Crippen LogP contribution >= 0.6 is 0 Å². The maximum absolute atomic E-state index is 11.9. The molecule has 3 aromatic heterocycles. The van der Waals surface area contributed by atoms with Crippen LogP contribution < -0.4 is 10.5 Å². The van der Waals surface area contributed by atoms with Crippen LogP contribution in [-0.4, -0.2) is 55.7 Å². The molecule has 0 saturated heterocycles. The van der Waals surface area contributed by atoms with Crippen LogP contribution in [0.3, 0.4) is 0 Å². The van der Waals surface area contributed by atoms with E-state index < -0.39 is 11.5 Å². The van der Waals surface area contributed by atoms with Crippen molar-refractivity contribution in [2.45, 2.75) is 25.4 Å². The van der Waals surface area contributed by atoms with E-state index in [2.05, 4.69) is 14.6 Å². The number of aliphatic carboxylic acids is 1. The van der Waals surface area contributed by atoms with E-state index in [1.165, 1.54) is 11.8 Å². The Morgan fingerprint density at radius 1 is 1.19 bits per heavy atom. The number of carbonyl (C=O) groups is 1. The summed E-state index contributed by atoms with van der Waals surface area (Å²) in [5, 5.41) is 14.1. The number of hydrogen-bond donors (Lipinski definition) is 2. The molecular formula is C25H24N6O5. The number of aromatic nitrogens is 5. The summed E-state index contributed by atoms with van der Waals surface area (Å²) in [6, 6.07) is 9.74. The molecule has 0 fully saturated rings. The number of nitrogens with two attached hydrogens (primary N) is 1. The van der Waals surface area contributed by atoms with Crippen molar-refractivity contribution in [3.8, 4) is 28.3 Å². The first-order valence-electron chi connectivity index (χ1n) is 11.5. The van der Waals surface area contributed by atoms with Gasteiger partial charge in [-0.2, -0.15) is 10.1 Å². The highest BCUT2D eigenvalue weighted by Crippen LogP contribution is 2.38. The van der Waals surface area contributed by atoms with Crippen molar-refractivity contribution in [3.63, 3.8) is 0 Å². The van der Waals surface area contributed by atoms with E-state index in [1.54, 1.807) is 19.3 Å². The molecule has 0 radical (unpaired) electrons. The summed E-state index contributed by atoms with van der Waals surface area (Å²) in [5.74, 6) is 0.487. The van der Waals surface area contributed by atoms with Crippen LogP contribution in [0, 0.1) is 0 Å². The van der Waals surface area contributed by atoms with E-state index in [0.717, 1.165) is 52.3 Å². The molecule has 0 amide bonds. The Bertz CT molecular complexity index is 1630. The molecule has 1 unspecified atom stereocenters. The Morgan fingerprint density at radius 2 is 2.03 bits per heavy atom. The predicted octanol–water partition coefficient (Wildman–Crippen LogP) is 3.52. The van der Waals surface area contributed by atoms with Gasteiger partial charge in [-0.05, 0) is 49.2 Å². The molecule has 1 aliphatic heterocycles. The SMILES string of the molecule is COCC(C)(C(=O)O)n1cc(-c2cc3c4c(c2)nc(-c2ccc5oc(N)nc5c2)n4CCCO3)cn1. The highest BCUT2D eigenvalue weighted by molar-refractivity contribution is 5.91. The molecular weight excluding hydrogens is 464 g/mol. The topological polar surface area (TPSA) is 143 Å². The van der Waals surface area contributed by atoms with Gasteiger partial charge in [0.25, 0.3) is 6.01 Å². The molecule has 0 aliphatic carbocycles. The fourth-order valence-electron chi connectivity index (χ4n) is 4.68. The molecule has 184 valence electrons. The number of fused-ring (bicyclic) bond motifs is 1. The van der Waals surface area contributed by atoms with Crippen LogP contribution in [0.5, 0.6) is 5.75 Å². The molecule has 0 spiro atoms. The van der Waals surface area contributed by atoms with Gasteiger partial charge in [0, 0.05) is 31.0 Å². The third-order valence-corrected chi connectivity index (χ3v) is 6.56. The second-order valence-electron chi connectivity index (χ2n) is 9.05. The Balaban J connectivity index is 1.48. The van der Waals surface area contributed by atoms with Gasteiger partial charge >= 0.3 is 5.97 Å². The Morgan fingerprint density at radius 3 is 2.83 bits per heavy atom. The summed E-state index contributed by atoms with van der Waals surface area (Å²) in [6.07, 6.45) is 4.17. The zero-order chi connectivity index (χ0) is 25.0. The zero-order valence-corrected chi connectivity index (χ0v) is 19.8. The molecule has 11 nitrogen and oxygen atoms in total. The summed E-state index contributed by atoms with van der Waals surface area (Å²) >= 11 is 0. The van der Waals surface area contributed by atoms with E-state index >= 15 is 0 Å². The number of anilines is 1. The van der Waals surface area contributed by atoms with E-state index in [9.17, 15) is 9.90 Å². The molecule has 1 aliphatic rings. The van der Waals surface area contributed by atoms with Gasteiger partial charge in [-0.3, -0.25) is 4.68 Å². The number of nitrogens with zero attached hydrogens (tertiary/aromatic N) is 5. The molecule has 4 heterocycles. The largest absolute Gasteiger partial charge is 0.491 e. The number of methoxy groups -OCH3 is 1. The van der Waals surface area contributed by atoms with Gasteiger partial charge in [-0.25, -0.2) is 9.78 Å². The normalized spacial score (nSPS) is 15.1. The summed E-state index contributed by atoms with van der Waals surface area (Å²) in [5.41, 5.74) is 9.82. The number of benzene rings is 2. The fraction of sp³-hybridized carbons (Fsp3) is 0.280. The highest BCUT2D eigenvalue weighted by atomic mass is 16.5. The van der Waals surface area contributed by atoms with Crippen LogP contribution in [0.15, 0.2) is 47.1 Å². The van der Waals surface area contributed by atoms with Gasteiger partial charge in [-0.1, -0.05) is 0 Å². The van der Waals surface area contributed by atoms with Crippen molar-refractivity contribution in [1.29, 1.82) is 0 Å². The average molecular weight is 489 g/mol. The molecule has 3 N–H and O–H groups in total. The number of rotatable bonds is 6. The fourth-order valence-corrected chi connectivity index (χ4v) is 4.68. The predicted molar refractivity (Wildman–Crippen MR) is 132 cm³/mol. The Kier molecular flexibility index (Phi) is 4.97. The van der Waals surface area contributed by atoms with Gasteiger partial charge in [-0.15, -0.1) is 0 Å². The van der Waals surface area contributed by atoms with E-state index in [0.29, 0.717) is 17.7 Å². The number of aryl methyl sites for hydroxylation is 1.